The Morgan fingerprint density at radius 1 is 1.35 bits per heavy atom. The van der Waals surface area contributed by atoms with Crippen LogP contribution in [0.3, 0.4) is 0 Å². The number of rotatable bonds is 5. The maximum absolute atomic E-state index is 12.8. The van der Waals surface area contributed by atoms with Crippen LogP contribution in [0.5, 0.6) is 0 Å². The van der Waals surface area contributed by atoms with Crippen molar-refractivity contribution in [2.24, 2.45) is 0 Å². The van der Waals surface area contributed by atoms with Crippen LogP contribution in [0.4, 0.5) is 0 Å². The van der Waals surface area contributed by atoms with Crippen molar-refractivity contribution in [3.05, 3.63) is 22.5 Å². The number of nitrogens with one attached hydrogen (secondary N) is 1. The Labute approximate surface area is 137 Å². The Morgan fingerprint density at radius 3 is 2.48 bits per heavy atom. The van der Waals surface area contributed by atoms with Crippen LogP contribution < -0.4 is 0 Å². The second-order valence-electron chi connectivity index (χ2n) is 6.26. The Hall–Kier alpha value is -1.63. The van der Waals surface area contributed by atoms with Crippen molar-refractivity contribution in [2.75, 3.05) is 18.6 Å². The Kier molecular flexibility index (Phi) is 4.98. The zero-order valence-corrected chi connectivity index (χ0v) is 14.9. The molecule has 1 aliphatic heterocycles. The van der Waals surface area contributed by atoms with Gasteiger partial charge in [0.25, 0.3) is 5.91 Å². The van der Waals surface area contributed by atoms with E-state index >= 15 is 0 Å². The second-order valence-corrected chi connectivity index (χ2v) is 8.49. The molecule has 0 saturated carbocycles. The molecule has 128 valence electrons. The van der Waals surface area contributed by atoms with Gasteiger partial charge < -0.3 is 9.88 Å². The molecule has 1 saturated heterocycles. The van der Waals surface area contributed by atoms with Crippen molar-refractivity contribution < 1.29 is 18.0 Å². The number of amides is 1. The van der Waals surface area contributed by atoms with E-state index in [9.17, 15) is 18.0 Å². The SMILES string of the molecule is CCCc1c(C(=O)N(C)[C@@H]2CCS(=O)(=O)C2)[nH]c(C)c1C(C)=O. The van der Waals surface area contributed by atoms with Crippen LogP contribution in [0.25, 0.3) is 0 Å². The van der Waals surface area contributed by atoms with Gasteiger partial charge in [0.1, 0.15) is 5.69 Å². The highest BCUT2D eigenvalue weighted by Crippen LogP contribution is 2.25. The van der Waals surface area contributed by atoms with Crippen LogP contribution in [-0.2, 0) is 16.3 Å². The number of hydrogen-bond donors (Lipinski definition) is 1. The Morgan fingerprint density at radius 2 is 2.00 bits per heavy atom. The average molecular weight is 340 g/mol. The van der Waals surface area contributed by atoms with Gasteiger partial charge in [-0.15, -0.1) is 0 Å². The van der Waals surface area contributed by atoms with E-state index in [0.717, 1.165) is 12.0 Å². The maximum atomic E-state index is 12.8. The van der Waals surface area contributed by atoms with E-state index < -0.39 is 9.84 Å². The van der Waals surface area contributed by atoms with Crippen molar-refractivity contribution in [1.29, 1.82) is 0 Å². The van der Waals surface area contributed by atoms with E-state index in [1.165, 1.54) is 11.8 Å². The fourth-order valence-corrected chi connectivity index (χ4v) is 5.03. The summed E-state index contributed by atoms with van der Waals surface area (Å²) in [5.41, 5.74) is 2.44. The first-order chi connectivity index (χ1) is 10.7. The van der Waals surface area contributed by atoms with Gasteiger partial charge in [-0.05, 0) is 32.3 Å². The number of aromatic amines is 1. The molecule has 0 bridgehead atoms. The number of sulfone groups is 1. The highest BCUT2D eigenvalue weighted by atomic mass is 32.2. The normalized spacial score (nSPS) is 19.7. The smallest absolute Gasteiger partial charge is 0.270 e. The molecular formula is C16H24N2O4S. The minimum absolute atomic E-state index is 0.0115. The highest BCUT2D eigenvalue weighted by Gasteiger charge is 2.34. The number of aromatic nitrogens is 1. The molecule has 1 aliphatic rings. The van der Waals surface area contributed by atoms with Gasteiger partial charge >= 0.3 is 0 Å². The van der Waals surface area contributed by atoms with Crippen LogP contribution in [0, 0.1) is 6.92 Å². The predicted octanol–water partition coefficient (Wildman–Crippen LogP) is 1.74. The number of carbonyl (C=O) groups is 2. The zero-order chi connectivity index (χ0) is 17.4. The first-order valence-electron chi connectivity index (χ1n) is 7.88. The number of carbonyl (C=O) groups excluding carboxylic acids is 2. The third-order valence-electron chi connectivity index (χ3n) is 4.43. The molecule has 7 heteroatoms. The molecule has 1 fully saturated rings. The lowest BCUT2D eigenvalue weighted by Crippen LogP contribution is -2.38. The fourth-order valence-electron chi connectivity index (χ4n) is 3.26. The topological polar surface area (TPSA) is 87.3 Å². The quantitative estimate of drug-likeness (QED) is 0.827. The lowest BCUT2D eigenvalue weighted by atomic mass is 10.0. The summed E-state index contributed by atoms with van der Waals surface area (Å²) in [6, 6.07) is -0.300. The maximum Gasteiger partial charge on any atom is 0.270 e. The van der Waals surface area contributed by atoms with Crippen LogP contribution in [0.2, 0.25) is 0 Å². The van der Waals surface area contributed by atoms with Crippen molar-refractivity contribution in [3.63, 3.8) is 0 Å². The number of H-pyrrole nitrogens is 1. The van der Waals surface area contributed by atoms with Crippen LogP contribution >= 0.6 is 0 Å². The number of nitrogens with zero attached hydrogens (tertiary/aromatic N) is 1. The van der Waals surface area contributed by atoms with Crippen molar-refractivity contribution in [3.8, 4) is 0 Å². The van der Waals surface area contributed by atoms with Crippen molar-refractivity contribution in [2.45, 2.75) is 46.1 Å². The average Bonchev–Trinajstić information content (AvgIpc) is 2.97. The molecule has 0 spiro atoms. The summed E-state index contributed by atoms with van der Waals surface area (Å²) in [5.74, 6) is -0.171. The number of Topliss-reactive ketones (excluding diaryl/α,β-unsaturated/α-hetero) is 1. The number of hydrogen-bond acceptors (Lipinski definition) is 4. The third-order valence-corrected chi connectivity index (χ3v) is 6.18. The van der Waals surface area contributed by atoms with E-state index in [4.69, 9.17) is 0 Å². The minimum Gasteiger partial charge on any atom is -0.354 e. The molecule has 0 aliphatic carbocycles. The second kappa shape index (κ2) is 6.47. The summed E-state index contributed by atoms with van der Waals surface area (Å²) in [6.07, 6.45) is 1.92. The van der Waals surface area contributed by atoms with E-state index in [-0.39, 0.29) is 29.2 Å². The molecule has 0 aromatic carbocycles. The predicted molar refractivity (Wildman–Crippen MR) is 88.7 cm³/mol. The molecule has 1 amide bonds. The number of ketones is 1. The molecule has 6 nitrogen and oxygen atoms in total. The van der Waals surface area contributed by atoms with Gasteiger partial charge in [0.05, 0.1) is 11.5 Å². The molecule has 1 N–H and O–H groups in total. The van der Waals surface area contributed by atoms with Crippen LogP contribution in [-0.4, -0.2) is 54.6 Å². The lowest BCUT2D eigenvalue weighted by molar-refractivity contribution is 0.0741. The van der Waals surface area contributed by atoms with Crippen molar-refractivity contribution >= 4 is 21.5 Å². The standard InChI is InChI=1S/C16H24N2O4S/c1-5-6-13-14(11(3)19)10(2)17-15(13)16(20)18(4)12-7-8-23(21,22)9-12/h12,17H,5-9H2,1-4H3/t12-/m1/s1. The molecule has 0 unspecified atom stereocenters. The first kappa shape index (κ1) is 17.7. The molecule has 23 heavy (non-hydrogen) atoms. The third kappa shape index (κ3) is 3.49. The fraction of sp³-hybridized carbons (Fsp3) is 0.625. The molecule has 0 radical (unpaired) electrons. The van der Waals surface area contributed by atoms with Gasteiger partial charge in [-0.25, -0.2) is 8.42 Å². The van der Waals surface area contributed by atoms with Gasteiger partial charge in [0, 0.05) is 24.3 Å². The minimum atomic E-state index is -3.05. The molecule has 2 rings (SSSR count). The summed E-state index contributed by atoms with van der Waals surface area (Å²) < 4.78 is 23.3. The Balaban J connectivity index is 2.35. The van der Waals surface area contributed by atoms with E-state index in [0.29, 0.717) is 29.8 Å². The largest absolute Gasteiger partial charge is 0.354 e. The van der Waals surface area contributed by atoms with Gasteiger partial charge in [0.2, 0.25) is 0 Å². The molecule has 1 aromatic rings. The van der Waals surface area contributed by atoms with E-state index in [1.54, 1.807) is 14.0 Å². The van der Waals surface area contributed by atoms with Gasteiger partial charge in [0.15, 0.2) is 15.6 Å². The molecule has 1 aromatic heterocycles. The van der Waals surface area contributed by atoms with Gasteiger partial charge in [-0.2, -0.15) is 0 Å². The van der Waals surface area contributed by atoms with Crippen molar-refractivity contribution in [1.82, 2.24) is 9.88 Å². The summed E-state index contributed by atoms with van der Waals surface area (Å²) in [7, 11) is -1.42. The summed E-state index contributed by atoms with van der Waals surface area (Å²) >= 11 is 0. The molecule has 2 heterocycles. The zero-order valence-electron chi connectivity index (χ0n) is 14.1. The first-order valence-corrected chi connectivity index (χ1v) is 9.70. The summed E-state index contributed by atoms with van der Waals surface area (Å²) in [4.78, 5) is 29.2. The number of aryl methyl sites for hydroxylation is 1. The summed E-state index contributed by atoms with van der Waals surface area (Å²) in [5, 5.41) is 0. The lowest BCUT2D eigenvalue weighted by Gasteiger charge is -2.23. The van der Waals surface area contributed by atoms with Crippen LogP contribution in [0.1, 0.15) is 58.8 Å². The van der Waals surface area contributed by atoms with E-state index in [1.807, 2.05) is 6.92 Å². The highest BCUT2D eigenvalue weighted by molar-refractivity contribution is 7.91. The van der Waals surface area contributed by atoms with Crippen LogP contribution in [0.15, 0.2) is 0 Å². The van der Waals surface area contributed by atoms with E-state index in [2.05, 4.69) is 4.98 Å². The monoisotopic (exact) mass is 340 g/mol. The Bertz CT molecular complexity index is 734. The molecular weight excluding hydrogens is 316 g/mol. The summed E-state index contributed by atoms with van der Waals surface area (Å²) in [6.45, 7) is 5.28. The van der Waals surface area contributed by atoms with Gasteiger partial charge in [-0.3, -0.25) is 9.59 Å². The van der Waals surface area contributed by atoms with Gasteiger partial charge in [-0.1, -0.05) is 13.3 Å². The molecule has 1 atom stereocenters.